The van der Waals surface area contributed by atoms with E-state index in [0.717, 1.165) is 16.0 Å². The molecule has 102 valence electrons. The maximum Gasteiger partial charge on any atom is 0.243 e. The van der Waals surface area contributed by atoms with Gasteiger partial charge < -0.3 is 15.8 Å². The Bertz CT molecular complexity index is 582. The summed E-state index contributed by atoms with van der Waals surface area (Å²) in [6.07, 6.45) is 0.602. The number of rotatable bonds is 5. The summed E-state index contributed by atoms with van der Waals surface area (Å²) >= 11 is 1.41. The van der Waals surface area contributed by atoms with Crippen LogP contribution in [-0.2, 0) is 4.79 Å². The lowest BCUT2D eigenvalue weighted by Gasteiger charge is -2.06. The van der Waals surface area contributed by atoms with Gasteiger partial charge >= 0.3 is 0 Å². The van der Waals surface area contributed by atoms with Gasteiger partial charge in [-0.15, -0.1) is 0 Å². The summed E-state index contributed by atoms with van der Waals surface area (Å²) in [5, 5.41) is 3.30. The molecule has 0 unspecified atom stereocenters. The van der Waals surface area contributed by atoms with Crippen LogP contribution in [0.1, 0.15) is 20.3 Å². The second kappa shape index (κ2) is 5.99. The van der Waals surface area contributed by atoms with Crippen molar-refractivity contribution in [2.45, 2.75) is 26.3 Å². The minimum Gasteiger partial charge on any atom is -0.494 e. The Labute approximate surface area is 115 Å². The van der Waals surface area contributed by atoms with Crippen LogP contribution in [0.25, 0.3) is 10.2 Å². The predicted molar refractivity (Wildman–Crippen MR) is 77.7 cm³/mol. The first-order valence-corrected chi connectivity index (χ1v) is 7.05. The molecule has 0 radical (unpaired) electrons. The quantitative estimate of drug-likeness (QED) is 0.881. The average molecular weight is 279 g/mol. The lowest BCUT2D eigenvalue weighted by molar-refractivity contribution is -0.117. The molecule has 19 heavy (non-hydrogen) atoms. The largest absolute Gasteiger partial charge is 0.494 e. The molecular formula is C13H17N3O2S. The van der Waals surface area contributed by atoms with E-state index in [9.17, 15) is 4.79 Å². The van der Waals surface area contributed by atoms with Gasteiger partial charge in [-0.05, 0) is 31.5 Å². The summed E-state index contributed by atoms with van der Waals surface area (Å²) in [5.74, 6) is 0.605. The topological polar surface area (TPSA) is 77.2 Å². The molecule has 0 fully saturated rings. The number of hydrogen-bond donors (Lipinski definition) is 2. The van der Waals surface area contributed by atoms with Gasteiger partial charge in [0.05, 0.1) is 22.9 Å². The lowest BCUT2D eigenvalue weighted by Crippen LogP contribution is -2.34. The van der Waals surface area contributed by atoms with Crippen LogP contribution < -0.4 is 15.8 Å². The van der Waals surface area contributed by atoms with E-state index in [-0.39, 0.29) is 5.91 Å². The third-order valence-electron chi connectivity index (χ3n) is 2.68. The van der Waals surface area contributed by atoms with Crippen molar-refractivity contribution >= 4 is 32.6 Å². The minimum absolute atomic E-state index is 0.202. The summed E-state index contributed by atoms with van der Waals surface area (Å²) < 4.78 is 6.41. The highest BCUT2D eigenvalue weighted by molar-refractivity contribution is 7.22. The summed E-state index contributed by atoms with van der Waals surface area (Å²) in [6.45, 7) is 4.44. The van der Waals surface area contributed by atoms with E-state index in [1.165, 1.54) is 11.3 Å². The number of fused-ring (bicyclic) bond motifs is 1. The van der Waals surface area contributed by atoms with Crippen LogP contribution in [0.5, 0.6) is 5.75 Å². The number of anilines is 1. The molecule has 0 saturated heterocycles. The van der Waals surface area contributed by atoms with Gasteiger partial charge in [0.15, 0.2) is 5.13 Å². The smallest absolute Gasteiger partial charge is 0.243 e. The van der Waals surface area contributed by atoms with Crippen LogP contribution in [0.3, 0.4) is 0 Å². The van der Waals surface area contributed by atoms with Gasteiger partial charge in [-0.2, -0.15) is 0 Å². The number of ether oxygens (including phenoxy) is 1. The molecule has 1 aromatic heterocycles. The molecule has 6 heteroatoms. The third kappa shape index (κ3) is 3.21. The van der Waals surface area contributed by atoms with Gasteiger partial charge in [0.25, 0.3) is 0 Å². The maximum atomic E-state index is 11.7. The van der Waals surface area contributed by atoms with Crippen LogP contribution >= 0.6 is 11.3 Å². The molecule has 1 atom stereocenters. The van der Waals surface area contributed by atoms with Crippen molar-refractivity contribution in [3.63, 3.8) is 0 Å². The van der Waals surface area contributed by atoms with Crippen LogP contribution in [0, 0.1) is 0 Å². The molecule has 0 aliphatic carbocycles. The van der Waals surface area contributed by atoms with E-state index in [2.05, 4.69) is 10.3 Å². The second-order valence-corrected chi connectivity index (χ2v) is 5.12. The Morgan fingerprint density at radius 2 is 2.32 bits per heavy atom. The van der Waals surface area contributed by atoms with E-state index < -0.39 is 6.04 Å². The molecule has 0 aliphatic heterocycles. The number of hydrogen-bond acceptors (Lipinski definition) is 5. The molecule has 2 aromatic rings. The maximum absolute atomic E-state index is 11.7. The van der Waals surface area contributed by atoms with Crippen molar-refractivity contribution < 1.29 is 9.53 Å². The van der Waals surface area contributed by atoms with Crippen molar-refractivity contribution in [2.75, 3.05) is 11.9 Å². The number of aromatic nitrogens is 1. The summed E-state index contributed by atoms with van der Waals surface area (Å²) in [4.78, 5) is 16.0. The first-order chi connectivity index (χ1) is 9.13. The van der Waals surface area contributed by atoms with E-state index >= 15 is 0 Å². The van der Waals surface area contributed by atoms with Gasteiger partial charge in [0.1, 0.15) is 5.75 Å². The Kier molecular flexibility index (Phi) is 4.34. The molecule has 0 bridgehead atoms. The highest BCUT2D eigenvalue weighted by atomic mass is 32.1. The van der Waals surface area contributed by atoms with Gasteiger partial charge in [0, 0.05) is 0 Å². The van der Waals surface area contributed by atoms with Crippen LogP contribution in [0.15, 0.2) is 18.2 Å². The highest BCUT2D eigenvalue weighted by Crippen LogP contribution is 2.29. The molecular weight excluding hydrogens is 262 g/mol. The predicted octanol–water partition coefficient (Wildman–Crippen LogP) is 2.37. The Morgan fingerprint density at radius 3 is 3.00 bits per heavy atom. The number of nitrogens with two attached hydrogens (primary N) is 1. The fourth-order valence-corrected chi connectivity index (χ4v) is 2.50. The molecule has 0 spiro atoms. The summed E-state index contributed by atoms with van der Waals surface area (Å²) in [5.41, 5.74) is 6.51. The van der Waals surface area contributed by atoms with Crippen molar-refractivity contribution in [1.82, 2.24) is 4.98 Å². The fourth-order valence-electron chi connectivity index (χ4n) is 1.60. The van der Waals surface area contributed by atoms with Crippen LogP contribution in [-0.4, -0.2) is 23.5 Å². The number of carbonyl (C=O) groups is 1. The third-order valence-corrected chi connectivity index (χ3v) is 3.61. The number of benzene rings is 1. The van der Waals surface area contributed by atoms with Crippen LogP contribution in [0.4, 0.5) is 5.13 Å². The number of nitrogens with zero attached hydrogens (tertiary/aromatic N) is 1. The van der Waals surface area contributed by atoms with E-state index in [1.54, 1.807) is 0 Å². The summed E-state index contributed by atoms with van der Waals surface area (Å²) in [7, 11) is 0. The summed E-state index contributed by atoms with van der Waals surface area (Å²) in [6, 6.07) is 5.18. The van der Waals surface area contributed by atoms with Crippen molar-refractivity contribution in [3.8, 4) is 5.75 Å². The first-order valence-electron chi connectivity index (χ1n) is 6.23. The van der Waals surface area contributed by atoms with Crippen molar-refractivity contribution in [2.24, 2.45) is 5.73 Å². The molecule has 1 heterocycles. The van der Waals surface area contributed by atoms with Gasteiger partial charge in [-0.1, -0.05) is 18.3 Å². The lowest BCUT2D eigenvalue weighted by atomic mass is 10.2. The SMILES string of the molecule is CCOc1ccc2nc(NC(=O)[C@@H](N)CC)sc2c1. The molecule has 5 nitrogen and oxygen atoms in total. The van der Waals surface area contributed by atoms with E-state index in [0.29, 0.717) is 18.2 Å². The second-order valence-electron chi connectivity index (χ2n) is 4.09. The number of nitrogens with one attached hydrogen (secondary N) is 1. The van der Waals surface area contributed by atoms with E-state index in [4.69, 9.17) is 10.5 Å². The zero-order chi connectivity index (χ0) is 13.8. The first kappa shape index (κ1) is 13.8. The van der Waals surface area contributed by atoms with Crippen molar-refractivity contribution in [3.05, 3.63) is 18.2 Å². The number of amides is 1. The molecule has 3 N–H and O–H groups in total. The standard InChI is InChI=1S/C13H17N3O2S/c1-3-9(14)12(17)16-13-15-10-6-5-8(18-4-2)7-11(10)19-13/h5-7,9H,3-4,14H2,1-2H3,(H,15,16,17)/t9-/m0/s1. The highest BCUT2D eigenvalue weighted by Gasteiger charge is 2.13. The van der Waals surface area contributed by atoms with Crippen LogP contribution in [0.2, 0.25) is 0 Å². The molecule has 1 amide bonds. The minimum atomic E-state index is -0.494. The van der Waals surface area contributed by atoms with Gasteiger partial charge in [-0.3, -0.25) is 4.79 Å². The van der Waals surface area contributed by atoms with E-state index in [1.807, 2.05) is 32.0 Å². The zero-order valence-electron chi connectivity index (χ0n) is 11.0. The van der Waals surface area contributed by atoms with Crippen molar-refractivity contribution in [1.29, 1.82) is 0 Å². The fraction of sp³-hybridized carbons (Fsp3) is 0.385. The zero-order valence-corrected chi connectivity index (χ0v) is 11.8. The van der Waals surface area contributed by atoms with Gasteiger partial charge in [0.2, 0.25) is 5.91 Å². The number of thiazole rings is 1. The Hall–Kier alpha value is -1.66. The molecule has 0 aliphatic rings. The Morgan fingerprint density at radius 1 is 1.53 bits per heavy atom. The monoisotopic (exact) mass is 279 g/mol. The Balaban J connectivity index is 2.19. The number of carbonyl (C=O) groups excluding carboxylic acids is 1. The molecule has 1 aromatic carbocycles. The normalized spacial score (nSPS) is 12.4. The molecule has 0 saturated carbocycles. The van der Waals surface area contributed by atoms with Gasteiger partial charge in [-0.25, -0.2) is 4.98 Å². The molecule has 2 rings (SSSR count). The average Bonchev–Trinajstić information content (AvgIpc) is 2.79.